The largest absolute Gasteiger partial charge is 0.416 e. The maximum atomic E-state index is 14.5. The predicted octanol–water partition coefficient (Wildman–Crippen LogP) is 5.25. The number of nitrogens with one attached hydrogen (secondary N) is 1. The second kappa shape index (κ2) is 12.7. The van der Waals surface area contributed by atoms with Crippen LogP contribution in [0.3, 0.4) is 0 Å². The highest BCUT2D eigenvalue weighted by Crippen LogP contribution is 2.37. The number of carbonyl (C=O) groups excluding carboxylic acids is 2. The Morgan fingerprint density at radius 3 is 2.23 bits per heavy atom. The predicted molar refractivity (Wildman–Crippen MR) is 143 cm³/mol. The van der Waals surface area contributed by atoms with E-state index in [9.17, 15) is 35.6 Å². The number of hydrogen-bond acceptors (Lipinski definition) is 4. The van der Waals surface area contributed by atoms with Gasteiger partial charge in [-0.2, -0.15) is 13.2 Å². The fraction of sp³-hybridized carbons (Fsp3) is 0.259. The summed E-state index contributed by atoms with van der Waals surface area (Å²) in [5, 5.41) is 2.19. The quantitative estimate of drug-likeness (QED) is 0.323. The van der Waals surface area contributed by atoms with Crippen molar-refractivity contribution < 1.29 is 35.6 Å². The van der Waals surface area contributed by atoms with E-state index in [1.807, 2.05) is 0 Å². The zero-order chi connectivity index (χ0) is 29.7. The molecule has 0 unspecified atom stereocenters. The number of likely N-dealkylation sites (N-methyl/N-ethyl adjacent to an activating group) is 1. The highest BCUT2D eigenvalue weighted by Gasteiger charge is 2.36. The van der Waals surface area contributed by atoms with Crippen LogP contribution in [0.15, 0.2) is 77.7 Å². The molecule has 0 fully saturated rings. The Balaban J connectivity index is 2.14. The van der Waals surface area contributed by atoms with E-state index in [2.05, 4.69) is 5.32 Å². The first-order valence-corrected chi connectivity index (χ1v) is 13.8. The average Bonchev–Trinajstić information content (AvgIpc) is 2.91. The molecule has 1 N–H and O–H groups in total. The molecule has 0 radical (unpaired) electrons. The fourth-order valence-corrected chi connectivity index (χ4v) is 5.54. The third kappa shape index (κ3) is 7.11. The summed E-state index contributed by atoms with van der Waals surface area (Å²) in [5.41, 5.74) is -1.74. The van der Waals surface area contributed by atoms with Crippen molar-refractivity contribution in [3.8, 4) is 0 Å². The molecule has 0 bridgehead atoms. The van der Waals surface area contributed by atoms with Crippen LogP contribution in [0.4, 0.5) is 23.2 Å². The smallest absolute Gasteiger partial charge is 0.355 e. The lowest BCUT2D eigenvalue weighted by atomic mass is 10.1. The van der Waals surface area contributed by atoms with Gasteiger partial charge in [0.1, 0.15) is 18.4 Å². The molecule has 40 heavy (non-hydrogen) atoms. The van der Waals surface area contributed by atoms with Crippen molar-refractivity contribution >= 4 is 39.1 Å². The number of benzene rings is 3. The van der Waals surface area contributed by atoms with Gasteiger partial charge in [0.15, 0.2) is 0 Å². The lowest BCUT2D eigenvalue weighted by molar-refractivity contribution is -0.139. The molecule has 214 valence electrons. The van der Waals surface area contributed by atoms with Crippen molar-refractivity contribution in [1.82, 2.24) is 10.2 Å². The number of halogens is 5. The maximum Gasteiger partial charge on any atom is 0.416 e. The van der Waals surface area contributed by atoms with E-state index < -0.39 is 64.2 Å². The Kier molecular flexibility index (Phi) is 9.80. The van der Waals surface area contributed by atoms with Gasteiger partial charge < -0.3 is 10.2 Å². The first-order valence-electron chi connectivity index (χ1n) is 12.0. The van der Waals surface area contributed by atoms with E-state index in [0.29, 0.717) is 16.4 Å². The molecule has 0 aromatic heterocycles. The van der Waals surface area contributed by atoms with Crippen LogP contribution >= 0.6 is 11.6 Å². The summed E-state index contributed by atoms with van der Waals surface area (Å²) < 4.78 is 83.0. The summed E-state index contributed by atoms with van der Waals surface area (Å²) in [6.45, 7) is 1.80. The molecule has 0 aliphatic rings. The molecular weight excluding hydrogens is 574 g/mol. The van der Waals surface area contributed by atoms with Gasteiger partial charge in [-0.3, -0.25) is 13.9 Å². The Hall–Kier alpha value is -3.64. The first kappa shape index (κ1) is 30.9. The highest BCUT2D eigenvalue weighted by atomic mass is 35.5. The van der Waals surface area contributed by atoms with Crippen molar-refractivity contribution in [2.75, 3.05) is 17.4 Å². The first-order chi connectivity index (χ1) is 18.8. The maximum absolute atomic E-state index is 14.5. The minimum Gasteiger partial charge on any atom is -0.355 e. The minimum atomic E-state index is -4.84. The number of carbonyl (C=O) groups is 2. The van der Waals surface area contributed by atoms with Gasteiger partial charge in [-0.05, 0) is 50.2 Å². The summed E-state index contributed by atoms with van der Waals surface area (Å²) in [6, 6.07) is 13.2. The van der Waals surface area contributed by atoms with Crippen LogP contribution in [0, 0.1) is 5.82 Å². The molecule has 2 amide bonds. The number of amides is 2. The molecule has 0 heterocycles. The molecule has 0 aliphatic carbocycles. The Bertz CT molecular complexity index is 1470. The molecule has 3 aromatic carbocycles. The average molecular weight is 600 g/mol. The Morgan fingerprint density at radius 1 is 1.00 bits per heavy atom. The van der Waals surface area contributed by atoms with Crippen LogP contribution in [-0.2, 0) is 32.3 Å². The molecule has 3 rings (SSSR count). The van der Waals surface area contributed by atoms with Gasteiger partial charge in [0, 0.05) is 18.7 Å². The molecule has 0 spiro atoms. The zero-order valence-corrected chi connectivity index (χ0v) is 23.0. The third-order valence-corrected chi connectivity index (χ3v) is 8.06. The van der Waals surface area contributed by atoms with Crippen molar-refractivity contribution in [1.29, 1.82) is 0 Å². The molecule has 13 heteroatoms. The number of alkyl halides is 3. The van der Waals surface area contributed by atoms with E-state index in [4.69, 9.17) is 11.6 Å². The molecular formula is C27H26ClF4N3O4S. The van der Waals surface area contributed by atoms with Crippen LogP contribution in [0.5, 0.6) is 0 Å². The lowest BCUT2D eigenvalue weighted by Crippen LogP contribution is -2.51. The Labute approximate surface area is 234 Å². The third-order valence-electron chi connectivity index (χ3n) is 5.97. The SMILES string of the molecule is CCNC(=O)[C@@H](C)N(Cc1ccccc1F)C(=O)CN(c1cc(C(F)(F)F)ccc1Cl)S(=O)(=O)c1ccccc1. The van der Waals surface area contributed by atoms with Crippen LogP contribution in [0.1, 0.15) is 25.0 Å². The van der Waals surface area contributed by atoms with E-state index in [1.54, 1.807) is 6.92 Å². The highest BCUT2D eigenvalue weighted by molar-refractivity contribution is 7.92. The molecule has 1 atom stereocenters. The van der Waals surface area contributed by atoms with Gasteiger partial charge in [-0.1, -0.05) is 48.0 Å². The van der Waals surface area contributed by atoms with Crippen LogP contribution < -0.4 is 9.62 Å². The van der Waals surface area contributed by atoms with Crippen molar-refractivity contribution in [3.05, 3.63) is 94.8 Å². The van der Waals surface area contributed by atoms with Crippen molar-refractivity contribution in [2.45, 2.75) is 37.5 Å². The number of hydrogen-bond donors (Lipinski definition) is 1. The van der Waals surface area contributed by atoms with Gasteiger partial charge in [-0.15, -0.1) is 0 Å². The summed E-state index contributed by atoms with van der Waals surface area (Å²) >= 11 is 6.19. The molecule has 3 aromatic rings. The van der Waals surface area contributed by atoms with Crippen molar-refractivity contribution in [2.24, 2.45) is 0 Å². The lowest BCUT2D eigenvalue weighted by Gasteiger charge is -2.32. The van der Waals surface area contributed by atoms with E-state index >= 15 is 0 Å². The number of anilines is 1. The number of nitrogens with zero attached hydrogens (tertiary/aromatic N) is 2. The van der Waals surface area contributed by atoms with Gasteiger partial charge >= 0.3 is 6.18 Å². The van der Waals surface area contributed by atoms with E-state index in [1.165, 1.54) is 55.5 Å². The summed E-state index contributed by atoms with van der Waals surface area (Å²) in [4.78, 5) is 27.0. The summed E-state index contributed by atoms with van der Waals surface area (Å²) in [5.74, 6) is -2.24. The van der Waals surface area contributed by atoms with E-state index in [-0.39, 0.29) is 22.0 Å². The summed E-state index contributed by atoms with van der Waals surface area (Å²) in [7, 11) is -4.65. The normalized spacial score (nSPS) is 12.5. The van der Waals surface area contributed by atoms with E-state index in [0.717, 1.165) is 17.0 Å². The standard InChI is InChI=1S/C27H26ClF4N3O4S/c1-3-33-26(37)18(2)34(16-19-9-7-8-12-23(19)29)25(36)17-35(40(38,39)21-10-5-4-6-11-21)24-15-20(27(30,31)32)13-14-22(24)28/h4-15,18H,3,16-17H2,1-2H3,(H,33,37)/t18-/m1/s1. The summed E-state index contributed by atoms with van der Waals surface area (Å²) in [6.07, 6.45) is -4.84. The topological polar surface area (TPSA) is 86.8 Å². The molecule has 0 saturated heterocycles. The second-order valence-corrected chi connectivity index (χ2v) is 10.9. The fourth-order valence-electron chi connectivity index (χ4n) is 3.83. The molecule has 7 nitrogen and oxygen atoms in total. The number of rotatable bonds is 10. The molecule has 0 aliphatic heterocycles. The molecule has 0 saturated carbocycles. The van der Waals surface area contributed by atoms with Gasteiger partial charge in [0.25, 0.3) is 10.0 Å². The monoisotopic (exact) mass is 599 g/mol. The number of sulfonamides is 1. The Morgan fingerprint density at radius 2 is 1.62 bits per heavy atom. The zero-order valence-electron chi connectivity index (χ0n) is 21.5. The van der Waals surface area contributed by atoms with Crippen molar-refractivity contribution in [3.63, 3.8) is 0 Å². The van der Waals surface area contributed by atoms with Gasteiger partial charge in [0.05, 0.1) is 21.2 Å². The van der Waals surface area contributed by atoms with Crippen LogP contribution in [-0.4, -0.2) is 44.3 Å². The minimum absolute atomic E-state index is 0.0431. The second-order valence-electron chi connectivity index (χ2n) is 8.67. The van der Waals surface area contributed by atoms with Crippen LogP contribution in [0.25, 0.3) is 0 Å². The van der Waals surface area contributed by atoms with Gasteiger partial charge in [0.2, 0.25) is 11.8 Å². The van der Waals surface area contributed by atoms with Gasteiger partial charge in [-0.25, -0.2) is 12.8 Å². The van der Waals surface area contributed by atoms with Crippen LogP contribution in [0.2, 0.25) is 5.02 Å².